The van der Waals surface area contributed by atoms with E-state index in [0.717, 1.165) is 34.8 Å². The van der Waals surface area contributed by atoms with Gasteiger partial charge in [-0.15, -0.1) is 0 Å². The van der Waals surface area contributed by atoms with Gasteiger partial charge in [0.25, 0.3) is 0 Å². The van der Waals surface area contributed by atoms with Gasteiger partial charge in [0.1, 0.15) is 0 Å². The van der Waals surface area contributed by atoms with Crippen molar-refractivity contribution in [3.8, 4) is 27.9 Å². The second-order valence-electron chi connectivity index (χ2n) is 21.5. The summed E-state index contributed by atoms with van der Waals surface area (Å²) in [6.07, 6.45) is 6.69. The molecule has 1 aromatic heterocycles. The van der Waals surface area contributed by atoms with Crippen LogP contribution in [0.3, 0.4) is 0 Å². The highest BCUT2D eigenvalue weighted by Gasteiger charge is 2.50. The van der Waals surface area contributed by atoms with Crippen LogP contribution in [0.25, 0.3) is 49.7 Å². The fourth-order valence-electron chi connectivity index (χ4n) is 14.6. The van der Waals surface area contributed by atoms with Gasteiger partial charge in [-0.3, -0.25) is 0 Å². The molecular weight excluding hydrogens is 893 g/mol. The van der Waals surface area contributed by atoms with Crippen LogP contribution in [0.5, 0.6) is 0 Å². The minimum absolute atomic E-state index is 0.272. The number of benzene rings is 10. The first-order valence-electron chi connectivity index (χ1n) is 27.1. The molecule has 0 spiro atoms. The third-order valence-corrected chi connectivity index (χ3v) is 17.7. The summed E-state index contributed by atoms with van der Waals surface area (Å²) in [5, 5.41) is 2.54. The number of aromatic nitrogens is 1. The van der Waals surface area contributed by atoms with Crippen molar-refractivity contribution in [1.82, 2.24) is 4.57 Å². The lowest BCUT2D eigenvalue weighted by molar-refractivity contribution is 0.222. The Labute approximate surface area is 436 Å². The van der Waals surface area contributed by atoms with Gasteiger partial charge < -0.3 is 9.47 Å². The normalized spacial score (nSPS) is 19.5. The number of hydrogen-bond acceptors (Lipinski definition) is 1. The highest BCUT2D eigenvalue weighted by Crippen LogP contribution is 2.61. The Morgan fingerprint density at radius 2 is 0.919 bits per heavy atom. The Morgan fingerprint density at radius 1 is 0.405 bits per heavy atom. The van der Waals surface area contributed by atoms with E-state index >= 15 is 0 Å². The Morgan fingerprint density at radius 3 is 1.57 bits per heavy atom. The summed E-state index contributed by atoms with van der Waals surface area (Å²) in [5.74, 6) is 3.28. The standard InChI is InChI=1S/C72H60N2/c1-2-50-43-49-44-55(50)46-56(45-49)71-65-29-12-15-30-67(65)72(57-22-8-4-9-23-57,58-24-10-5-11-25-58)68-42-41-62(48-66(68)71)73(59-37-33-52(34-38-59)51-19-6-3-7-20-51)60-39-35-53(36-40-60)54-21-18-26-61(47-54)74-69-31-16-13-27-63(69)64-28-14-17-32-70(64)74/h3-42,47-50,55-56,71H,2,43-46H2,1H3/t49-,50?,55+,56+,71?/m0/s1. The fraction of sp³-hybridized carbons (Fsp3) is 0.167. The maximum absolute atomic E-state index is 2.62. The fourth-order valence-corrected chi connectivity index (χ4v) is 14.6. The van der Waals surface area contributed by atoms with Crippen molar-refractivity contribution in [3.63, 3.8) is 0 Å². The van der Waals surface area contributed by atoms with E-state index in [1.807, 2.05) is 0 Å². The van der Waals surface area contributed by atoms with Crippen LogP contribution >= 0.6 is 0 Å². The highest BCUT2D eigenvalue weighted by molar-refractivity contribution is 6.09. The van der Waals surface area contributed by atoms with E-state index in [4.69, 9.17) is 0 Å². The molecule has 0 saturated heterocycles. The number of para-hydroxylation sites is 2. The van der Waals surface area contributed by atoms with Gasteiger partial charge in [0.2, 0.25) is 0 Å². The Balaban J connectivity index is 0.941. The molecule has 2 heteroatoms. The predicted molar refractivity (Wildman–Crippen MR) is 309 cm³/mol. The van der Waals surface area contributed by atoms with Crippen LogP contribution in [0.4, 0.5) is 17.1 Å². The summed E-state index contributed by atoms with van der Waals surface area (Å²) < 4.78 is 2.41. The molecule has 2 fully saturated rings. The van der Waals surface area contributed by atoms with Gasteiger partial charge in [-0.2, -0.15) is 0 Å². The van der Waals surface area contributed by atoms with E-state index in [-0.39, 0.29) is 5.92 Å². The SMILES string of the molecule is CCC1C[C@H]2C[C@@H]1C[C@H](C1c3ccccc3C(c3ccccc3)(c3ccccc3)c3ccc(N(c4ccc(-c5ccccc5)cc4)c4ccc(-c5cccc(-n6c7ccccc7c7ccccc76)c5)cc4)cc31)C2. The lowest BCUT2D eigenvalue weighted by atomic mass is 9.55. The molecular formula is C72H60N2. The van der Waals surface area contributed by atoms with Crippen molar-refractivity contribution in [3.05, 3.63) is 288 Å². The quantitative estimate of drug-likeness (QED) is 0.133. The monoisotopic (exact) mass is 952 g/mol. The van der Waals surface area contributed by atoms with Gasteiger partial charge in [-0.1, -0.05) is 207 Å². The van der Waals surface area contributed by atoms with Gasteiger partial charge in [0.05, 0.1) is 16.4 Å². The van der Waals surface area contributed by atoms with E-state index < -0.39 is 5.41 Å². The van der Waals surface area contributed by atoms with E-state index in [1.165, 1.54) is 115 Å². The van der Waals surface area contributed by atoms with E-state index in [1.54, 1.807) is 0 Å². The van der Waals surface area contributed by atoms with Crippen molar-refractivity contribution < 1.29 is 0 Å². The zero-order valence-corrected chi connectivity index (χ0v) is 42.1. The van der Waals surface area contributed by atoms with Gasteiger partial charge in [0.15, 0.2) is 0 Å². The number of rotatable bonds is 10. The molecule has 2 unspecified atom stereocenters. The highest BCUT2D eigenvalue weighted by atomic mass is 15.1. The molecule has 0 radical (unpaired) electrons. The van der Waals surface area contributed by atoms with E-state index in [9.17, 15) is 0 Å². The first-order chi connectivity index (χ1) is 36.6. The molecule has 74 heavy (non-hydrogen) atoms. The number of fused-ring (bicyclic) bond motifs is 7. The molecule has 3 aliphatic rings. The van der Waals surface area contributed by atoms with Crippen LogP contribution in [0.15, 0.2) is 255 Å². The molecule has 5 atom stereocenters. The molecule has 2 nitrogen and oxygen atoms in total. The van der Waals surface area contributed by atoms with Gasteiger partial charge in [-0.05, 0) is 166 Å². The van der Waals surface area contributed by atoms with Crippen LogP contribution in [0.1, 0.15) is 78.3 Å². The summed E-state index contributed by atoms with van der Waals surface area (Å²) in [4.78, 5) is 2.51. The molecule has 0 amide bonds. The van der Waals surface area contributed by atoms with Gasteiger partial charge in [0, 0.05) is 39.4 Å². The molecule has 11 aromatic rings. The van der Waals surface area contributed by atoms with Crippen LogP contribution in [-0.2, 0) is 5.41 Å². The Bertz CT molecular complexity index is 3700. The first-order valence-corrected chi connectivity index (χ1v) is 27.1. The summed E-state index contributed by atoms with van der Waals surface area (Å²) >= 11 is 0. The van der Waals surface area contributed by atoms with Crippen LogP contribution in [-0.4, -0.2) is 4.57 Å². The zero-order valence-electron chi connectivity index (χ0n) is 42.1. The molecule has 358 valence electrons. The molecule has 10 aromatic carbocycles. The second kappa shape index (κ2) is 18.4. The van der Waals surface area contributed by atoms with Crippen LogP contribution < -0.4 is 4.90 Å². The Hall–Kier alpha value is -8.20. The topological polar surface area (TPSA) is 8.17 Å². The van der Waals surface area contributed by atoms with Gasteiger partial charge >= 0.3 is 0 Å². The maximum Gasteiger partial charge on any atom is 0.0707 e. The first kappa shape index (κ1) is 44.5. The molecule has 0 N–H and O–H groups in total. The zero-order chi connectivity index (χ0) is 49.2. The van der Waals surface area contributed by atoms with Crippen LogP contribution in [0.2, 0.25) is 0 Å². The van der Waals surface area contributed by atoms with Crippen LogP contribution in [0, 0.1) is 23.7 Å². The predicted octanol–water partition coefficient (Wildman–Crippen LogP) is 18.9. The largest absolute Gasteiger partial charge is 0.310 e. The minimum atomic E-state index is -0.499. The van der Waals surface area contributed by atoms with Crippen molar-refractivity contribution in [2.45, 2.75) is 50.4 Å². The molecule has 2 bridgehead atoms. The molecule has 2 saturated carbocycles. The maximum atomic E-state index is 2.62. The van der Waals surface area contributed by atoms with Crippen molar-refractivity contribution in [2.24, 2.45) is 23.7 Å². The molecule has 14 rings (SSSR count). The molecule has 0 aliphatic heterocycles. The van der Waals surface area contributed by atoms with E-state index in [2.05, 4.69) is 271 Å². The lowest BCUT2D eigenvalue weighted by Gasteiger charge is -2.48. The summed E-state index contributed by atoms with van der Waals surface area (Å²) in [5.41, 5.74) is 19.8. The summed E-state index contributed by atoms with van der Waals surface area (Å²) in [6, 6.07) is 95.8. The Kier molecular flexibility index (Phi) is 11.1. The minimum Gasteiger partial charge on any atom is -0.310 e. The van der Waals surface area contributed by atoms with Crippen molar-refractivity contribution >= 4 is 38.9 Å². The van der Waals surface area contributed by atoms with E-state index in [0.29, 0.717) is 5.92 Å². The smallest absolute Gasteiger partial charge is 0.0707 e. The third-order valence-electron chi connectivity index (χ3n) is 17.7. The van der Waals surface area contributed by atoms with Crippen molar-refractivity contribution in [1.29, 1.82) is 0 Å². The number of nitrogens with zero attached hydrogens (tertiary/aromatic N) is 2. The van der Waals surface area contributed by atoms with Crippen molar-refractivity contribution in [2.75, 3.05) is 4.90 Å². The second-order valence-corrected chi connectivity index (χ2v) is 21.5. The van der Waals surface area contributed by atoms with Gasteiger partial charge in [-0.25, -0.2) is 0 Å². The average Bonchev–Trinajstić information content (AvgIpc) is 3.97. The third kappa shape index (κ3) is 7.29. The molecule has 1 heterocycles. The summed E-state index contributed by atoms with van der Waals surface area (Å²) in [7, 11) is 0. The number of hydrogen-bond donors (Lipinski definition) is 0. The summed E-state index contributed by atoms with van der Waals surface area (Å²) in [6.45, 7) is 2.43. The molecule has 3 aliphatic carbocycles. The lowest BCUT2D eigenvalue weighted by Crippen LogP contribution is -2.39. The number of anilines is 3. The average molecular weight is 953 g/mol.